The number of thiocarbonyl (C=S) groups is 1. The molecule has 7 heteroatoms. The predicted octanol–water partition coefficient (Wildman–Crippen LogP) is 2.26. The average molecular weight is 371 g/mol. The second-order valence-electron chi connectivity index (χ2n) is 5.20. The molecule has 0 radical (unpaired) electrons. The Balaban J connectivity index is 2.10. The Kier molecular flexibility index (Phi) is 3.57. The van der Waals surface area contributed by atoms with Crippen LogP contribution in [0.5, 0.6) is 5.75 Å². The third-order valence-electron chi connectivity index (χ3n) is 3.74. The Morgan fingerprint density at radius 3 is 3.05 bits per heavy atom. The number of esters is 1. The summed E-state index contributed by atoms with van der Waals surface area (Å²) in [5.74, 6) is -0.0992. The highest BCUT2D eigenvalue weighted by molar-refractivity contribution is 9.10. The highest BCUT2D eigenvalue weighted by Crippen LogP contribution is 2.45. The van der Waals surface area contributed by atoms with Crippen molar-refractivity contribution in [2.75, 3.05) is 6.61 Å². The summed E-state index contributed by atoms with van der Waals surface area (Å²) in [4.78, 5) is 12.4. The molecule has 0 aromatic heterocycles. The van der Waals surface area contributed by atoms with Crippen LogP contribution in [0.15, 0.2) is 22.7 Å². The van der Waals surface area contributed by atoms with Crippen molar-refractivity contribution >= 4 is 39.2 Å². The van der Waals surface area contributed by atoms with Gasteiger partial charge in [0.25, 0.3) is 0 Å². The van der Waals surface area contributed by atoms with Crippen LogP contribution in [0.2, 0.25) is 0 Å². The van der Waals surface area contributed by atoms with Crippen LogP contribution in [0.3, 0.4) is 0 Å². The topological polar surface area (TPSA) is 59.6 Å². The molecule has 0 spiro atoms. The van der Waals surface area contributed by atoms with Gasteiger partial charge in [0.2, 0.25) is 0 Å². The second-order valence-corrected chi connectivity index (χ2v) is 6.52. The van der Waals surface area contributed by atoms with Crippen molar-refractivity contribution in [3.8, 4) is 5.75 Å². The average Bonchev–Trinajstić information content (AvgIpc) is 2.38. The van der Waals surface area contributed by atoms with Gasteiger partial charge in [-0.3, -0.25) is 4.79 Å². The Morgan fingerprint density at radius 1 is 1.57 bits per heavy atom. The van der Waals surface area contributed by atoms with Crippen LogP contribution in [0.1, 0.15) is 25.5 Å². The maximum Gasteiger partial charge on any atom is 0.317 e. The molecule has 0 aliphatic carbocycles. The minimum Gasteiger partial charge on any atom is -0.467 e. The van der Waals surface area contributed by atoms with Gasteiger partial charge < -0.3 is 20.1 Å². The van der Waals surface area contributed by atoms with E-state index in [9.17, 15) is 4.79 Å². The van der Waals surface area contributed by atoms with Crippen LogP contribution in [0.4, 0.5) is 0 Å². The second kappa shape index (κ2) is 5.14. The maximum absolute atomic E-state index is 12.4. The molecular weight excluding hydrogens is 356 g/mol. The molecular formula is C14H15BrN2O3S. The van der Waals surface area contributed by atoms with Crippen LogP contribution in [-0.4, -0.2) is 23.4 Å². The summed E-state index contributed by atoms with van der Waals surface area (Å²) >= 11 is 8.68. The molecule has 2 aliphatic rings. The Labute approximate surface area is 136 Å². The number of hydrogen-bond donors (Lipinski definition) is 2. The van der Waals surface area contributed by atoms with Crippen molar-refractivity contribution < 1.29 is 14.3 Å². The molecule has 1 aromatic rings. The van der Waals surface area contributed by atoms with E-state index in [0.717, 1.165) is 15.8 Å². The van der Waals surface area contributed by atoms with E-state index in [1.165, 1.54) is 0 Å². The van der Waals surface area contributed by atoms with Gasteiger partial charge in [0, 0.05) is 10.0 Å². The van der Waals surface area contributed by atoms with E-state index in [0.29, 0.717) is 11.7 Å². The predicted molar refractivity (Wildman–Crippen MR) is 84.9 cm³/mol. The number of rotatable bonds is 2. The molecule has 1 aromatic carbocycles. The van der Waals surface area contributed by atoms with E-state index in [1.54, 1.807) is 6.92 Å². The van der Waals surface area contributed by atoms with Gasteiger partial charge in [-0.2, -0.15) is 0 Å². The lowest BCUT2D eigenvalue weighted by molar-refractivity contribution is -0.162. The number of ether oxygens (including phenoxy) is 2. The number of hydrogen-bond acceptors (Lipinski definition) is 4. The first-order valence-electron chi connectivity index (χ1n) is 6.68. The molecule has 1 saturated heterocycles. The summed E-state index contributed by atoms with van der Waals surface area (Å²) in [7, 11) is 0. The van der Waals surface area contributed by atoms with Crippen molar-refractivity contribution in [2.24, 2.45) is 5.92 Å². The van der Waals surface area contributed by atoms with Crippen LogP contribution in [-0.2, 0) is 9.53 Å². The number of carbonyl (C=O) groups is 1. The van der Waals surface area contributed by atoms with E-state index in [1.807, 2.05) is 25.1 Å². The van der Waals surface area contributed by atoms with Gasteiger partial charge in [0.15, 0.2) is 10.8 Å². The molecule has 1 fully saturated rings. The van der Waals surface area contributed by atoms with Gasteiger partial charge in [0.05, 0.1) is 12.6 Å². The number of halogens is 1. The highest BCUT2D eigenvalue weighted by atomic mass is 79.9. The maximum atomic E-state index is 12.4. The molecule has 0 amide bonds. The van der Waals surface area contributed by atoms with Crippen molar-refractivity contribution in [2.45, 2.75) is 25.6 Å². The number of fused-ring (bicyclic) bond motifs is 4. The summed E-state index contributed by atoms with van der Waals surface area (Å²) in [5, 5.41) is 6.69. The van der Waals surface area contributed by atoms with E-state index in [2.05, 4.69) is 26.6 Å². The molecule has 2 heterocycles. The molecule has 3 rings (SSSR count). The SMILES string of the molecule is CCOC(=O)[C@@H]1[C@H]2NC(=S)N[C@@]1(C)Oc1ccc(Br)cc12. The van der Waals surface area contributed by atoms with E-state index < -0.39 is 11.6 Å². The molecule has 2 bridgehead atoms. The zero-order valence-electron chi connectivity index (χ0n) is 11.6. The molecule has 0 saturated carbocycles. The van der Waals surface area contributed by atoms with Crippen molar-refractivity contribution in [3.05, 3.63) is 28.2 Å². The van der Waals surface area contributed by atoms with Crippen molar-refractivity contribution in [3.63, 3.8) is 0 Å². The summed E-state index contributed by atoms with van der Waals surface area (Å²) < 4.78 is 12.2. The summed E-state index contributed by atoms with van der Waals surface area (Å²) in [6, 6.07) is 5.45. The lowest BCUT2D eigenvalue weighted by Crippen LogP contribution is -2.70. The highest BCUT2D eigenvalue weighted by Gasteiger charge is 2.55. The quantitative estimate of drug-likeness (QED) is 0.615. The first-order chi connectivity index (χ1) is 9.94. The van der Waals surface area contributed by atoms with Gasteiger partial charge in [-0.05, 0) is 44.3 Å². The fourth-order valence-electron chi connectivity index (χ4n) is 2.90. The Bertz CT molecular complexity index is 624. The number of benzene rings is 1. The smallest absolute Gasteiger partial charge is 0.317 e. The summed E-state index contributed by atoms with van der Waals surface area (Å²) in [6.45, 7) is 3.93. The van der Waals surface area contributed by atoms with E-state index in [4.69, 9.17) is 21.7 Å². The van der Waals surface area contributed by atoms with E-state index in [-0.39, 0.29) is 12.0 Å². The zero-order valence-corrected chi connectivity index (χ0v) is 14.0. The van der Waals surface area contributed by atoms with Crippen LogP contribution < -0.4 is 15.4 Å². The van der Waals surface area contributed by atoms with Gasteiger partial charge in [-0.1, -0.05) is 15.9 Å². The standard InChI is InChI=1S/C14H15BrN2O3S/c1-3-19-12(18)10-11-8-6-7(15)4-5-9(8)20-14(10,2)17-13(21)16-11/h4-6,10-11H,3H2,1-2H3,(H2,16,17,21)/t10-,11-,14-/m0/s1. The molecule has 21 heavy (non-hydrogen) atoms. The Morgan fingerprint density at radius 2 is 2.33 bits per heavy atom. The van der Waals surface area contributed by atoms with Gasteiger partial charge in [0.1, 0.15) is 11.7 Å². The fraction of sp³-hybridized carbons (Fsp3) is 0.429. The van der Waals surface area contributed by atoms with Gasteiger partial charge in [-0.25, -0.2) is 0 Å². The lowest BCUT2D eigenvalue weighted by atomic mass is 9.80. The van der Waals surface area contributed by atoms with Gasteiger partial charge in [-0.15, -0.1) is 0 Å². The minimum absolute atomic E-state index is 0.274. The Hall–Kier alpha value is -1.34. The molecule has 0 unspecified atom stereocenters. The third kappa shape index (κ3) is 2.38. The fourth-order valence-corrected chi connectivity index (χ4v) is 3.61. The number of nitrogens with one attached hydrogen (secondary N) is 2. The summed E-state index contributed by atoms with van der Waals surface area (Å²) in [5.41, 5.74) is -0.0242. The lowest BCUT2D eigenvalue weighted by Gasteiger charge is -2.50. The molecule has 2 N–H and O–H groups in total. The number of carbonyl (C=O) groups excluding carboxylic acids is 1. The minimum atomic E-state index is -0.917. The van der Waals surface area contributed by atoms with Gasteiger partial charge >= 0.3 is 5.97 Å². The molecule has 2 aliphatic heterocycles. The van der Waals surface area contributed by atoms with Crippen LogP contribution >= 0.6 is 28.1 Å². The molecule has 112 valence electrons. The van der Waals surface area contributed by atoms with Crippen molar-refractivity contribution in [1.29, 1.82) is 0 Å². The van der Waals surface area contributed by atoms with Crippen molar-refractivity contribution in [1.82, 2.24) is 10.6 Å². The monoisotopic (exact) mass is 370 g/mol. The summed E-state index contributed by atoms with van der Waals surface area (Å²) in [6.07, 6.45) is 0. The largest absolute Gasteiger partial charge is 0.467 e. The normalized spacial score (nSPS) is 29.6. The molecule has 3 atom stereocenters. The third-order valence-corrected chi connectivity index (χ3v) is 4.46. The van der Waals surface area contributed by atoms with E-state index >= 15 is 0 Å². The zero-order chi connectivity index (χ0) is 15.2. The first kappa shape index (κ1) is 14.6. The van der Waals surface area contributed by atoms with Crippen LogP contribution in [0.25, 0.3) is 0 Å². The van der Waals surface area contributed by atoms with Crippen LogP contribution in [0, 0.1) is 5.92 Å². The molecule has 5 nitrogen and oxygen atoms in total. The first-order valence-corrected chi connectivity index (χ1v) is 7.88.